The Labute approximate surface area is 247 Å². The minimum atomic E-state index is -3.51. The number of rotatable bonds is 9. The van der Waals surface area contributed by atoms with E-state index in [9.17, 15) is 22.8 Å². The van der Waals surface area contributed by atoms with Gasteiger partial charge >= 0.3 is 5.97 Å². The van der Waals surface area contributed by atoms with Crippen LogP contribution in [0.3, 0.4) is 0 Å². The van der Waals surface area contributed by atoms with Crippen LogP contribution in [0.2, 0.25) is 0 Å². The molecule has 14 heteroatoms. The maximum atomic E-state index is 12.8. The predicted molar refractivity (Wildman–Crippen MR) is 160 cm³/mol. The van der Waals surface area contributed by atoms with E-state index >= 15 is 0 Å². The van der Waals surface area contributed by atoms with Gasteiger partial charge in [-0.15, -0.1) is 11.3 Å². The molecular weight excluding hydrogens is 580 g/mol. The van der Waals surface area contributed by atoms with E-state index in [0.29, 0.717) is 16.5 Å². The van der Waals surface area contributed by atoms with E-state index in [1.165, 1.54) is 29.8 Å². The molecule has 12 nitrogen and oxygen atoms in total. The summed E-state index contributed by atoms with van der Waals surface area (Å²) in [6.45, 7) is 8.63. The largest absolute Gasteiger partial charge is 0.458 e. The quantitative estimate of drug-likeness (QED) is 0.271. The van der Waals surface area contributed by atoms with Crippen molar-refractivity contribution in [3.63, 3.8) is 0 Å². The van der Waals surface area contributed by atoms with Crippen molar-refractivity contribution in [1.29, 1.82) is 0 Å². The van der Waals surface area contributed by atoms with E-state index in [1.807, 2.05) is 51.1 Å². The Hall–Kier alpha value is -4.30. The number of esters is 1. The van der Waals surface area contributed by atoms with E-state index in [4.69, 9.17) is 4.74 Å². The number of aromatic nitrogens is 4. The third kappa shape index (κ3) is 7.31. The van der Waals surface area contributed by atoms with Crippen molar-refractivity contribution in [3.8, 4) is 22.5 Å². The number of carbonyl (C=O) groups excluding carboxylic acids is 3. The van der Waals surface area contributed by atoms with Crippen LogP contribution in [0.15, 0.2) is 60.4 Å². The molecule has 0 unspecified atom stereocenters. The Morgan fingerprint density at radius 3 is 2.33 bits per heavy atom. The van der Waals surface area contributed by atoms with Gasteiger partial charge in [-0.1, -0.05) is 18.2 Å². The molecule has 42 heavy (non-hydrogen) atoms. The third-order valence-corrected chi connectivity index (χ3v) is 7.74. The lowest BCUT2D eigenvalue weighted by atomic mass is 10.1. The summed E-state index contributed by atoms with van der Waals surface area (Å²) in [5.74, 6) is -1.46. The van der Waals surface area contributed by atoms with E-state index in [0.717, 1.165) is 21.4 Å². The maximum absolute atomic E-state index is 12.8. The first-order chi connectivity index (χ1) is 19.5. The fraction of sp³-hybridized carbons (Fsp3) is 0.321. The Morgan fingerprint density at radius 2 is 1.69 bits per heavy atom. The Bertz CT molecular complexity index is 1740. The summed E-state index contributed by atoms with van der Waals surface area (Å²) in [5.41, 5.74) is 1.41. The Morgan fingerprint density at radius 1 is 1.00 bits per heavy atom. The molecule has 4 rings (SSSR count). The second-order valence-corrected chi connectivity index (χ2v) is 13.8. The molecule has 0 fully saturated rings. The number of thiazole rings is 1. The van der Waals surface area contributed by atoms with Gasteiger partial charge in [-0.3, -0.25) is 18.2 Å². The minimum absolute atomic E-state index is 0.114. The molecule has 3 heterocycles. The molecule has 0 radical (unpaired) electrons. The number of benzene rings is 1. The molecule has 0 aliphatic rings. The van der Waals surface area contributed by atoms with Crippen LogP contribution in [0.1, 0.15) is 45.0 Å². The number of carbonyl (C=O) groups is 3. The summed E-state index contributed by atoms with van der Waals surface area (Å²) >= 11 is 1.23. The van der Waals surface area contributed by atoms with Gasteiger partial charge in [-0.25, -0.2) is 18.2 Å². The molecule has 222 valence electrons. The molecule has 0 spiro atoms. The molecular formula is C28H32N6O6S2. The lowest BCUT2D eigenvalue weighted by Gasteiger charge is -2.28. The van der Waals surface area contributed by atoms with Gasteiger partial charge in [-0.2, -0.15) is 5.10 Å². The van der Waals surface area contributed by atoms with Crippen LogP contribution in [0.4, 0.5) is 5.13 Å². The lowest BCUT2D eigenvalue weighted by molar-refractivity contribution is -0.164. The SMILES string of the molecule is CC(C)(C)OC(=O)C(C)(C)n1ccc(-c2cccc(-c3csc(NC(=O)CNC(=O)c4ccn(S(C)(=O)=O)c4)n3)c2)n1. The van der Waals surface area contributed by atoms with Crippen molar-refractivity contribution < 1.29 is 27.5 Å². The van der Waals surface area contributed by atoms with Gasteiger partial charge in [0.05, 0.1) is 29.8 Å². The highest BCUT2D eigenvalue weighted by Crippen LogP contribution is 2.29. The highest BCUT2D eigenvalue weighted by molar-refractivity contribution is 7.89. The van der Waals surface area contributed by atoms with Gasteiger partial charge < -0.3 is 15.4 Å². The van der Waals surface area contributed by atoms with Crippen LogP contribution in [0, 0.1) is 0 Å². The molecule has 2 N–H and O–H groups in total. The summed E-state index contributed by atoms with van der Waals surface area (Å²) in [5, 5.41) is 11.9. The lowest BCUT2D eigenvalue weighted by Crippen LogP contribution is -2.41. The predicted octanol–water partition coefficient (Wildman–Crippen LogP) is 3.73. The zero-order chi connectivity index (χ0) is 30.9. The van der Waals surface area contributed by atoms with Crippen molar-refractivity contribution in [1.82, 2.24) is 24.1 Å². The second kappa shape index (κ2) is 11.5. The zero-order valence-electron chi connectivity index (χ0n) is 24.0. The van der Waals surface area contributed by atoms with Crippen molar-refractivity contribution in [3.05, 3.63) is 65.9 Å². The maximum Gasteiger partial charge on any atom is 0.334 e. The number of ether oxygens (including phenoxy) is 1. The summed E-state index contributed by atoms with van der Waals surface area (Å²) in [6, 6.07) is 10.7. The summed E-state index contributed by atoms with van der Waals surface area (Å²) in [4.78, 5) is 41.9. The molecule has 0 aliphatic carbocycles. The highest BCUT2D eigenvalue weighted by atomic mass is 32.2. The number of nitrogens with one attached hydrogen (secondary N) is 2. The van der Waals surface area contributed by atoms with Crippen molar-refractivity contribution in [2.45, 2.75) is 45.8 Å². The first kappa shape index (κ1) is 30.7. The van der Waals surface area contributed by atoms with E-state index in [-0.39, 0.29) is 18.1 Å². The van der Waals surface area contributed by atoms with Gasteiger partial charge in [-0.05, 0) is 52.8 Å². The summed E-state index contributed by atoms with van der Waals surface area (Å²) < 4.78 is 31.2. The fourth-order valence-corrected chi connectivity index (χ4v) is 5.05. The van der Waals surface area contributed by atoms with Crippen LogP contribution in [0.25, 0.3) is 22.5 Å². The van der Waals surface area contributed by atoms with Crippen molar-refractivity contribution in [2.75, 3.05) is 18.1 Å². The number of nitrogens with zero attached hydrogens (tertiary/aromatic N) is 4. The van der Waals surface area contributed by atoms with E-state index in [2.05, 4.69) is 20.7 Å². The first-order valence-electron chi connectivity index (χ1n) is 12.9. The molecule has 0 bridgehead atoms. The molecule has 0 aliphatic heterocycles. The average molecular weight is 613 g/mol. The zero-order valence-corrected chi connectivity index (χ0v) is 25.7. The third-order valence-electron chi connectivity index (χ3n) is 5.99. The molecule has 2 amide bonds. The number of hydrogen-bond acceptors (Lipinski definition) is 9. The molecule has 1 aromatic carbocycles. The molecule has 0 atom stereocenters. The smallest absolute Gasteiger partial charge is 0.334 e. The second-order valence-electron chi connectivity index (χ2n) is 11.0. The van der Waals surface area contributed by atoms with Crippen LogP contribution in [0.5, 0.6) is 0 Å². The minimum Gasteiger partial charge on any atom is -0.458 e. The average Bonchev–Trinajstić information content (AvgIpc) is 3.67. The van der Waals surface area contributed by atoms with Crippen LogP contribution in [-0.2, 0) is 29.9 Å². The Balaban J connectivity index is 1.39. The van der Waals surface area contributed by atoms with Gasteiger partial charge in [0.1, 0.15) is 5.60 Å². The topological polar surface area (TPSA) is 154 Å². The number of hydrogen-bond donors (Lipinski definition) is 2. The van der Waals surface area contributed by atoms with Crippen molar-refractivity contribution >= 4 is 44.3 Å². The monoisotopic (exact) mass is 612 g/mol. The van der Waals surface area contributed by atoms with Gasteiger partial charge in [0.2, 0.25) is 15.9 Å². The molecule has 0 saturated carbocycles. The fourth-order valence-electron chi connectivity index (χ4n) is 3.73. The molecule has 3 aromatic heterocycles. The summed E-state index contributed by atoms with van der Waals surface area (Å²) in [6.07, 6.45) is 5.19. The van der Waals surface area contributed by atoms with Crippen LogP contribution >= 0.6 is 11.3 Å². The number of anilines is 1. The van der Waals surface area contributed by atoms with E-state index < -0.39 is 33.0 Å². The highest BCUT2D eigenvalue weighted by Gasteiger charge is 2.35. The molecule has 4 aromatic rings. The number of amides is 2. The van der Waals surface area contributed by atoms with Gasteiger partial charge in [0.25, 0.3) is 5.91 Å². The normalized spacial score (nSPS) is 12.1. The van der Waals surface area contributed by atoms with Crippen molar-refractivity contribution in [2.24, 2.45) is 0 Å². The molecule has 0 saturated heterocycles. The first-order valence-corrected chi connectivity index (χ1v) is 15.6. The van der Waals surface area contributed by atoms with Crippen LogP contribution in [-0.4, -0.2) is 63.3 Å². The van der Waals surface area contributed by atoms with Gasteiger partial charge in [0.15, 0.2) is 10.7 Å². The summed E-state index contributed by atoms with van der Waals surface area (Å²) in [7, 11) is -3.51. The Kier molecular flexibility index (Phi) is 8.41. The van der Waals surface area contributed by atoms with Crippen LogP contribution < -0.4 is 10.6 Å². The van der Waals surface area contributed by atoms with Gasteiger partial charge in [0, 0.05) is 35.1 Å². The van der Waals surface area contributed by atoms with E-state index in [1.54, 1.807) is 30.1 Å². The standard InChI is InChI=1S/C28H32N6O6S2/c1-27(2,3)40-25(37)28(4,5)34-13-11-21(32-34)18-8-7-9-19(14-18)22-17-41-26(30-22)31-23(35)15-29-24(36)20-10-12-33(16-20)42(6,38)39/h7-14,16-17H,15H2,1-6H3,(H,29,36)(H,30,31,35).